The number of fused-ring (bicyclic) bond motifs is 1. The van der Waals surface area contributed by atoms with Gasteiger partial charge in [-0.25, -0.2) is 0 Å². The molecule has 0 radical (unpaired) electrons. The second-order valence-corrected chi connectivity index (χ2v) is 6.95. The Balaban J connectivity index is 1.95. The summed E-state index contributed by atoms with van der Waals surface area (Å²) in [6.45, 7) is 2.55. The number of rotatable bonds is 4. The molecule has 0 bridgehead atoms. The number of nitrogens with one attached hydrogen (secondary N) is 1. The Hall–Kier alpha value is -2.37. The monoisotopic (exact) mass is 371 g/mol. The summed E-state index contributed by atoms with van der Waals surface area (Å²) < 4.78 is 0. The molecule has 0 spiro atoms. The highest BCUT2D eigenvalue weighted by Crippen LogP contribution is 2.27. The Bertz CT molecular complexity index is 824. The quantitative estimate of drug-likeness (QED) is 0.866. The summed E-state index contributed by atoms with van der Waals surface area (Å²) in [5, 5.41) is 3.27. The molecule has 2 atom stereocenters. The first-order valence-corrected chi connectivity index (χ1v) is 9.01. The molecule has 0 fully saturated rings. The van der Waals surface area contributed by atoms with Gasteiger partial charge in [-0.3, -0.25) is 9.59 Å². The zero-order valence-corrected chi connectivity index (χ0v) is 15.4. The fourth-order valence-electron chi connectivity index (χ4n) is 3.16. The Labute approximate surface area is 158 Å². The second kappa shape index (κ2) is 7.89. The lowest BCUT2D eigenvalue weighted by molar-refractivity contribution is -0.126. The van der Waals surface area contributed by atoms with Crippen molar-refractivity contribution in [3.8, 4) is 0 Å². The smallest absolute Gasteiger partial charge is 0.256 e. The molecule has 3 N–H and O–H groups in total. The van der Waals surface area contributed by atoms with E-state index in [-0.39, 0.29) is 17.9 Å². The van der Waals surface area contributed by atoms with Gasteiger partial charge in [0, 0.05) is 25.6 Å². The van der Waals surface area contributed by atoms with Crippen LogP contribution in [0, 0.1) is 0 Å². The van der Waals surface area contributed by atoms with Crippen molar-refractivity contribution in [2.24, 2.45) is 5.73 Å². The van der Waals surface area contributed by atoms with Gasteiger partial charge >= 0.3 is 0 Å². The molecule has 136 valence electrons. The van der Waals surface area contributed by atoms with Gasteiger partial charge < -0.3 is 16.0 Å². The van der Waals surface area contributed by atoms with E-state index in [1.807, 2.05) is 31.2 Å². The number of halogens is 1. The molecule has 6 heteroatoms. The Morgan fingerprint density at radius 2 is 1.85 bits per heavy atom. The molecule has 0 saturated heterocycles. The summed E-state index contributed by atoms with van der Waals surface area (Å²) in [5.41, 5.74) is 8.15. The zero-order chi connectivity index (χ0) is 18.7. The SMILES string of the molecule is C[C@@H](CN)NC(=O)C1Cc2ccccc2CN1C(=O)c1ccccc1Cl. The fraction of sp³-hybridized carbons (Fsp3) is 0.300. The maximum atomic E-state index is 13.1. The van der Waals surface area contributed by atoms with Gasteiger partial charge in [-0.1, -0.05) is 48.0 Å². The average molecular weight is 372 g/mol. The lowest BCUT2D eigenvalue weighted by Crippen LogP contribution is -2.54. The van der Waals surface area contributed by atoms with Gasteiger partial charge in [0.25, 0.3) is 5.91 Å². The summed E-state index contributed by atoms with van der Waals surface area (Å²) in [4.78, 5) is 27.6. The topological polar surface area (TPSA) is 75.4 Å². The van der Waals surface area contributed by atoms with Gasteiger partial charge in [0.05, 0.1) is 10.6 Å². The van der Waals surface area contributed by atoms with Crippen LogP contribution in [0.2, 0.25) is 5.02 Å². The van der Waals surface area contributed by atoms with E-state index in [0.717, 1.165) is 11.1 Å². The van der Waals surface area contributed by atoms with E-state index in [0.29, 0.717) is 30.1 Å². The van der Waals surface area contributed by atoms with Crippen LogP contribution in [-0.4, -0.2) is 35.3 Å². The minimum Gasteiger partial charge on any atom is -0.351 e. The fourth-order valence-corrected chi connectivity index (χ4v) is 3.37. The standard InChI is InChI=1S/C20H22ClN3O2/c1-13(11-22)23-19(25)18-10-14-6-2-3-7-15(14)12-24(18)20(26)16-8-4-5-9-17(16)21/h2-9,13,18H,10-12,22H2,1H3,(H,23,25)/t13-,18?/m0/s1. The van der Waals surface area contributed by atoms with Crippen molar-refractivity contribution in [2.45, 2.75) is 32.0 Å². The van der Waals surface area contributed by atoms with Gasteiger partial charge in [0.1, 0.15) is 6.04 Å². The largest absolute Gasteiger partial charge is 0.351 e. The van der Waals surface area contributed by atoms with Crippen LogP contribution < -0.4 is 11.1 Å². The minimum atomic E-state index is -0.595. The van der Waals surface area contributed by atoms with E-state index in [1.54, 1.807) is 29.2 Å². The molecule has 0 aromatic heterocycles. The molecule has 2 aromatic carbocycles. The van der Waals surface area contributed by atoms with E-state index >= 15 is 0 Å². The van der Waals surface area contributed by atoms with E-state index < -0.39 is 6.04 Å². The lowest BCUT2D eigenvalue weighted by atomic mass is 9.92. The van der Waals surface area contributed by atoms with Gasteiger partial charge in [0.15, 0.2) is 0 Å². The van der Waals surface area contributed by atoms with Crippen LogP contribution in [0.15, 0.2) is 48.5 Å². The third-order valence-electron chi connectivity index (χ3n) is 4.66. The number of nitrogens with two attached hydrogens (primary N) is 1. The molecule has 5 nitrogen and oxygen atoms in total. The summed E-state index contributed by atoms with van der Waals surface area (Å²) in [6.07, 6.45) is 0.468. The first-order chi connectivity index (χ1) is 12.5. The van der Waals surface area contributed by atoms with Gasteiger partial charge in [0.2, 0.25) is 5.91 Å². The van der Waals surface area contributed by atoms with Gasteiger partial charge in [-0.2, -0.15) is 0 Å². The predicted molar refractivity (Wildman–Crippen MR) is 102 cm³/mol. The first kappa shape index (κ1) is 18.4. The molecule has 1 heterocycles. The number of hydrogen-bond acceptors (Lipinski definition) is 3. The number of amides is 2. The number of carbonyl (C=O) groups is 2. The zero-order valence-electron chi connectivity index (χ0n) is 14.6. The molecule has 2 amide bonds. The van der Waals surface area contributed by atoms with Crippen LogP contribution >= 0.6 is 11.6 Å². The van der Waals surface area contributed by atoms with Crippen LogP contribution in [0.4, 0.5) is 0 Å². The highest BCUT2D eigenvalue weighted by molar-refractivity contribution is 6.33. The lowest BCUT2D eigenvalue weighted by Gasteiger charge is -2.36. The normalized spacial score (nSPS) is 17.3. The van der Waals surface area contributed by atoms with Crippen molar-refractivity contribution >= 4 is 23.4 Å². The molecule has 1 aliphatic rings. The molecule has 3 rings (SSSR count). The number of nitrogens with zero attached hydrogens (tertiary/aromatic N) is 1. The minimum absolute atomic E-state index is 0.156. The second-order valence-electron chi connectivity index (χ2n) is 6.55. The summed E-state index contributed by atoms with van der Waals surface area (Å²) in [6, 6.07) is 14.0. The number of benzene rings is 2. The van der Waals surface area contributed by atoms with E-state index in [9.17, 15) is 9.59 Å². The summed E-state index contributed by atoms with van der Waals surface area (Å²) in [5.74, 6) is -0.441. The van der Waals surface area contributed by atoms with Crippen molar-refractivity contribution in [1.82, 2.24) is 10.2 Å². The summed E-state index contributed by atoms with van der Waals surface area (Å²) >= 11 is 6.21. The Kier molecular flexibility index (Phi) is 5.59. The van der Waals surface area contributed by atoms with Crippen LogP contribution in [-0.2, 0) is 17.8 Å². The highest BCUT2D eigenvalue weighted by Gasteiger charge is 2.35. The van der Waals surface area contributed by atoms with E-state index in [1.165, 1.54) is 0 Å². The van der Waals surface area contributed by atoms with Crippen LogP contribution in [0.5, 0.6) is 0 Å². The molecule has 0 saturated carbocycles. The molecular formula is C20H22ClN3O2. The number of carbonyl (C=O) groups excluding carboxylic acids is 2. The Morgan fingerprint density at radius 1 is 1.19 bits per heavy atom. The molecule has 1 unspecified atom stereocenters. The highest BCUT2D eigenvalue weighted by atomic mass is 35.5. The third kappa shape index (κ3) is 3.74. The van der Waals surface area contributed by atoms with Crippen LogP contribution in [0.3, 0.4) is 0 Å². The molecule has 1 aliphatic heterocycles. The van der Waals surface area contributed by atoms with Gasteiger partial charge in [-0.15, -0.1) is 0 Å². The van der Waals surface area contributed by atoms with Crippen molar-refractivity contribution in [3.63, 3.8) is 0 Å². The van der Waals surface area contributed by atoms with Crippen LogP contribution in [0.25, 0.3) is 0 Å². The predicted octanol–water partition coefficient (Wildman–Crippen LogP) is 2.37. The number of hydrogen-bond donors (Lipinski definition) is 2. The average Bonchev–Trinajstić information content (AvgIpc) is 2.66. The van der Waals surface area contributed by atoms with Crippen molar-refractivity contribution < 1.29 is 9.59 Å². The molecule has 2 aromatic rings. The van der Waals surface area contributed by atoms with Crippen LogP contribution in [0.1, 0.15) is 28.4 Å². The van der Waals surface area contributed by atoms with Crippen molar-refractivity contribution in [1.29, 1.82) is 0 Å². The maximum absolute atomic E-state index is 13.1. The van der Waals surface area contributed by atoms with E-state index in [2.05, 4.69) is 5.32 Å². The first-order valence-electron chi connectivity index (χ1n) is 8.64. The third-order valence-corrected chi connectivity index (χ3v) is 4.99. The van der Waals surface area contributed by atoms with E-state index in [4.69, 9.17) is 17.3 Å². The van der Waals surface area contributed by atoms with Crippen molar-refractivity contribution in [3.05, 3.63) is 70.2 Å². The van der Waals surface area contributed by atoms with Crippen molar-refractivity contribution in [2.75, 3.05) is 6.54 Å². The molecular weight excluding hydrogens is 350 g/mol. The Morgan fingerprint density at radius 3 is 2.54 bits per heavy atom. The maximum Gasteiger partial charge on any atom is 0.256 e. The summed E-state index contributed by atoms with van der Waals surface area (Å²) in [7, 11) is 0. The van der Waals surface area contributed by atoms with Gasteiger partial charge in [-0.05, 0) is 30.2 Å². The molecule has 0 aliphatic carbocycles. The molecule has 26 heavy (non-hydrogen) atoms.